The predicted molar refractivity (Wildman–Crippen MR) is 87.5 cm³/mol. The fraction of sp³-hybridized carbons (Fsp3) is 0.500. The standard InChI is InChI=1S/C16H22BrNO4/c1-4-14(10-19)18(9-11(2)16(21)22-3)15(20)12-5-7-13(17)8-6-12/h5-8,11,14,19H,4,9-10H2,1-3H3. The van der Waals surface area contributed by atoms with Crippen molar-refractivity contribution in [2.45, 2.75) is 26.3 Å². The molecule has 2 unspecified atom stereocenters. The lowest BCUT2D eigenvalue weighted by Crippen LogP contribution is -2.45. The minimum atomic E-state index is -0.454. The third-order valence-corrected chi connectivity index (χ3v) is 4.08. The van der Waals surface area contributed by atoms with Gasteiger partial charge in [-0.05, 0) is 30.7 Å². The van der Waals surface area contributed by atoms with E-state index in [4.69, 9.17) is 4.74 Å². The van der Waals surface area contributed by atoms with E-state index in [0.29, 0.717) is 12.0 Å². The van der Waals surface area contributed by atoms with Crippen molar-refractivity contribution < 1.29 is 19.4 Å². The number of hydrogen-bond acceptors (Lipinski definition) is 4. The Morgan fingerprint density at radius 2 is 1.91 bits per heavy atom. The molecule has 0 heterocycles. The van der Waals surface area contributed by atoms with Crippen molar-refractivity contribution in [3.8, 4) is 0 Å². The van der Waals surface area contributed by atoms with Crippen LogP contribution in [0.1, 0.15) is 30.6 Å². The highest BCUT2D eigenvalue weighted by Crippen LogP contribution is 2.17. The van der Waals surface area contributed by atoms with Gasteiger partial charge in [0.25, 0.3) is 5.91 Å². The fourth-order valence-electron chi connectivity index (χ4n) is 2.17. The average molecular weight is 372 g/mol. The zero-order valence-corrected chi connectivity index (χ0v) is 14.7. The minimum Gasteiger partial charge on any atom is -0.469 e. The van der Waals surface area contributed by atoms with Gasteiger partial charge in [-0.25, -0.2) is 0 Å². The number of rotatable bonds is 7. The maximum Gasteiger partial charge on any atom is 0.310 e. The number of benzene rings is 1. The molecule has 0 aliphatic carbocycles. The van der Waals surface area contributed by atoms with Gasteiger partial charge in [-0.2, -0.15) is 0 Å². The summed E-state index contributed by atoms with van der Waals surface area (Å²) in [5.74, 6) is -1.03. The molecule has 0 saturated carbocycles. The lowest BCUT2D eigenvalue weighted by molar-refractivity contribution is -0.145. The van der Waals surface area contributed by atoms with Gasteiger partial charge < -0.3 is 14.7 Å². The number of halogens is 1. The maximum absolute atomic E-state index is 12.7. The van der Waals surface area contributed by atoms with E-state index in [1.807, 2.05) is 6.92 Å². The van der Waals surface area contributed by atoms with Crippen LogP contribution in [0.15, 0.2) is 28.7 Å². The lowest BCUT2D eigenvalue weighted by atomic mass is 10.1. The Balaban J connectivity index is 3.01. The third-order valence-electron chi connectivity index (χ3n) is 3.55. The zero-order valence-electron chi connectivity index (χ0n) is 13.1. The summed E-state index contributed by atoms with van der Waals surface area (Å²) < 4.78 is 5.60. The van der Waals surface area contributed by atoms with Crippen LogP contribution in [0.4, 0.5) is 0 Å². The molecular weight excluding hydrogens is 350 g/mol. The van der Waals surface area contributed by atoms with E-state index in [-0.39, 0.29) is 31.1 Å². The van der Waals surface area contributed by atoms with E-state index in [1.165, 1.54) is 7.11 Å². The van der Waals surface area contributed by atoms with E-state index in [0.717, 1.165) is 4.47 Å². The summed E-state index contributed by atoms with van der Waals surface area (Å²) in [5.41, 5.74) is 0.521. The van der Waals surface area contributed by atoms with Crippen LogP contribution in [0.25, 0.3) is 0 Å². The number of nitrogens with zero attached hydrogens (tertiary/aromatic N) is 1. The first kappa shape index (κ1) is 18.6. The monoisotopic (exact) mass is 371 g/mol. The molecule has 1 aromatic carbocycles. The second-order valence-electron chi connectivity index (χ2n) is 5.13. The van der Waals surface area contributed by atoms with Crippen LogP contribution in [0, 0.1) is 5.92 Å². The lowest BCUT2D eigenvalue weighted by Gasteiger charge is -2.31. The number of esters is 1. The van der Waals surface area contributed by atoms with E-state index >= 15 is 0 Å². The molecule has 0 saturated heterocycles. The normalized spacial score (nSPS) is 13.3. The van der Waals surface area contributed by atoms with Crippen LogP contribution in [0.2, 0.25) is 0 Å². The summed E-state index contributed by atoms with van der Waals surface area (Å²) in [6.07, 6.45) is 0.604. The topological polar surface area (TPSA) is 66.8 Å². The first-order valence-electron chi connectivity index (χ1n) is 7.19. The average Bonchev–Trinajstić information content (AvgIpc) is 2.54. The van der Waals surface area contributed by atoms with Crippen LogP contribution >= 0.6 is 15.9 Å². The Bertz CT molecular complexity index is 499. The summed E-state index contributed by atoms with van der Waals surface area (Å²) in [5, 5.41) is 9.53. The predicted octanol–water partition coefficient (Wildman–Crippen LogP) is 2.47. The zero-order chi connectivity index (χ0) is 16.7. The molecule has 5 nitrogen and oxygen atoms in total. The Kier molecular flexibility index (Phi) is 7.55. The van der Waals surface area contributed by atoms with Gasteiger partial charge in [0.05, 0.1) is 25.7 Å². The van der Waals surface area contributed by atoms with Crippen LogP contribution in [-0.4, -0.2) is 48.2 Å². The SMILES string of the molecule is CCC(CO)N(CC(C)C(=O)OC)C(=O)c1ccc(Br)cc1. The highest BCUT2D eigenvalue weighted by molar-refractivity contribution is 9.10. The fourth-order valence-corrected chi connectivity index (χ4v) is 2.44. The molecule has 22 heavy (non-hydrogen) atoms. The van der Waals surface area contributed by atoms with E-state index in [1.54, 1.807) is 36.1 Å². The molecule has 6 heteroatoms. The molecule has 0 spiro atoms. The van der Waals surface area contributed by atoms with Crippen molar-refractivity contribution >= 4 is 27.8 Å². The van der Waals surface area contributed by atoms with Crippen molar-refractivity contribution in [2.75, 3.05) is 20.3 Å². The number of hydrogen-bond donors (Lipinski definition) is 1. The van der Waals surface area contributed by atoms with Crippen molar-refractivity contribution in [1.82, 2.24) is 4.90 Å². The Labute approximate surface area is 139 Å². The molecule has 1 aromatic rings. The van der Waals surface area contributed by atoms with E-state index < -0.39 is 5.92 Å². The van der Waals surface area contributed by atoms with Gasteiger partial charge in [0, 0.05) is 16.6 Å². The number of aliphatic hydroxyl groups excluding tert-OH is 1. The number of methoxy groups -OCH3 is 1. The van der Waals surface area contributed by atoms with Gasteiger partial charge in [0.2, 0.25) is 0 Å². The van der Waals surface area contributed by atoms with Gasteiger partial charge in [0.1, 0.15) is 0 Å². The number of aliphatic hydroxyl groups is 1. The Morgan fingerprint density at radius 3 is 2.36 bits per heavy atom. The van der Waals surface area contributed by atoms with Gasteiger partial charge in [0.15, 0.2) is 0 Å². The number of carbonyl (C=O) groups excluding carboxylic acids is 2. The molecule has 0 fully saturated rings. The molecule has 0 radical (unpaired) electrons. The van der Waals surface area contributed by atoms with Crippen molar-refractivity contribution in [3.05, 3.63) is 34.3 Å². The summed E-state index contributed by atoms with van der Waals surface area (Å²) in [7, 11) is 1.32. The summed E-state index contributed by atoms with van der Waals surface area (Å²) in [4.78, 5) is 25.9. The smallest absolute Gasteiger partial charge is 0.310 e. The molecule has 1 N–H and O–H groups in total. The molecule has 122 valence electrons. The van der Waals surface area contributed by atoms with Gasteiger partial charge in [-0.3, -0.25) is 9.59 Å². The van der Waals surface area contributed by atoms with Crippen LogP contribution in [0.5, 0.6) is 0 Å². The molecule has 0 bridgehead atoms. The quantitative estimate of drug-likeness (QED) is 0.747. The molecule has 0 aliphatic rings. The molecular formula is C16H22BrNO4. The van der Waals surface area contributed by atoms with Crippen LogP contribution in [-0.2, 0) is 9.53 Å². The molecule has 0 aromatic heterocycles. The first-order chi connectivity index (χ1) is 10.4. The van der Waals surface area contributed by atoms with Crippen LogP contribution in [0.3, 0.4) is 0 Å². The van der Waals surface area contributed by atoms with Gasteiger partial charge in [-0.1, -0.05) is 29.8 Å². The molecule has 1 rings (SSSR count). The summed E-state index contributed by atoms with van der Waals surface area (Å²) in [6.45, 7) is 3.66. The van der Waals surface area contributed by atoms with Crippen molar-refractivity contribution in [2.24, 2.45) is 5.92 Å². The van der Waals surface area contributed by atoms with E-state index in [2.05, 4.69) is 15.9 Å². The van der Waals surface area contributed by atoms with Gasteiger partial charge in [-0.15, -0.1) is 0 Å². The summed E-state index contributed by atoms with van der Waals surface area (Å²) >= 11 is 3.33. The highest BCUT2D eigenvalue weighted by Gasteiger charge is 2.27. The van der Waals surface area contributed by atoms with Crippen LogP contribution < -0.4 is 0 Å². The first-order valence-corrected chi connectivity index (χ1v) is 7.99. The number of amides is 1. The number of ether oxygens (including phenoxy) is 1. The third kappa shape index (κ3) is 4.81. The highest BCUT2D eigenvalue weighted by atomic mass is 79.9. The van der Waals surface area contributed by atoms with Gasteiger partial charge >= 0.3 is 5.97 Å². The number of carbonyl (C=O) groups is 2. The van der Waals surface area contributed by atoms with Crippen molar-refractivity contribution in [1.29, 1.82) is 0 Å². The second kappa shape index (κ2) is 8.90. The molecule has 1 amide bonds. The van der Waals surface area contributed by atoms with Crippen molar-refractivity contribution in [3.63, 3.8) is 0 Å². The Hall–Kier alpha value is -1.40. The maximum atomic E-state index is 12.7. The van der Waals surface area contributed by atoms with E-state index in [9.17, 15) is 14.7 Å². The Morgan fingerprint density at radius 1 is 1.32 bits per heavy atom. The molecule has 2 atom stereocenters. The molecule has 0 aliphatic heterocycles. The minimum absolute atomic E-state index is 0.146. The largest absolute Gasteiger partial charge is 0.469 e. The second-order valence-corrected chi connectivity index (χ2v) is 6.05. The summed E-state index contributed by atoms with van der Waals surface area (Å²) in [6, 6.07) is 6.67.